The van der Waals surface area contributed by atoms with Crippen LogP contribution in [-0.2, 0) is 9.84 Å². The molecular weight excluding hydrogens is 264 g/mol. The van der Waals surface area contributed by atoms with E-state index in [9.17, 15) is 8.42 Å². The first-order valence-electron chi connectivity index (χ1n) is 6.63. The molecule has 0 radical (unpaired) electrons. The number of anilines is 2. The van der Waals surface area contributed by atoms with E-state index < -0.39 is 9.84 Å². The van der Waals surface area contributed by atoms with Crippen molar-refractivity contribution in [2.45, 2.75) is 44.9 Å². The fourth-order valence-corrected chi connectivity index (χ4v) is 4.17. The fraction of sp³-hybridized carbons (Fsp3) is 0.750. The van der Waals surface area contributed by atoms with Gasteiger partial charge in [0.05, 0.1) is 22.4 Å². The van der Waals surface area contributed by atoms with Gasteiger partial charge in [-0.3, -0.25) is 0 Å². The molecule has 3 N–H and O–H groups in total. The zero-order valence-electron chi connectivity index (χ0n) is 11.7. The number of aryl methyl sites for hydroxylation is 1. The van der Waals surface area contributed by atoms with Crippen LogP contribution in [0.5, 0.6) is 0 Å². The van der Waals surface area contributed by atoms with E-state index in [1.165, 1.54) is 0 Å². The molecular formula is C12H22N4O2S. The van der Waals surface area contributed by atoms with Crippen LogP contribution in [0.25, 0.3) is 0 Å². The normalized spacial score (nSPS) is 22.0. The number of sulfone groups is 1. The van der Waals surface area contributed by atoms with Crippen LogP contribution in [0.15, 0.2) is 0 Å². The minimum atomic E-state index is -2.93. The second kappa shape index (κ2) is 5.03. The molecule has 0 aromatic carbocycles. The van der Waals surface area contributed by atoms with E-state index in [-0.39, 0.29) is 11.3 Å². The summed E-state index contributed by atoms with van der Waals surface area (Å²) in [5, 5.41) is 7.25. The van der Waals surface area contributed by atoms with Crippen LogP contribution in [0.2, 0.25) is 0 Å². The first-order valence-corrected chi connectivity index (χ1v) is 8.34. The lowest BCUT2D eigenvalue weighted by Crippen LogP contribution is -2.26. The Morgan fingerprint density at radius 1 is 1.53 bits per heavy atom. The van der Waals surface area contributed by atoms with E-state index in [0.29, 0.717) is 18.0 Å². The van der Waals surface area contributed by atoms with Crippen molar-refractivity contribution >= 4 is 21.3 Å². The van der Waals surface area contributed by atoms with Gasteiger partial charge in [0.2, 0.25) is 0 Å². The lowest BCUT2D eigenvalue weighted by molar-refractivity contribution is 0.533. The van der Waals surface area contributed by atoms with Crippen LogP contribution in [0.4, 0.5) is 11.5 Å². The highest BCUT2D eigenvalue weighted by Gasteiger charge is 2.31. The van der Waals surface area contributed by atoms with Crippen molar-refractivity contribution in [3.8, 4) is 0 Å². The molecule has 1 atom stereocenters. The van der Waals surface area contributed by atoms with Gasteiger partial charge in [-0.2, -0.15) is 5.10 Å². The van der Waals surface area contributed by atoms with Gasteiger partial charge in [0.1, 0.15) is 5.82 Å². The first-order chi connectivity index (χ1) is 8.83. The van der Waals surface area contributed by atoms with Crippen molar-refractivity contribution in [1.29, 1.82) is 0 Å². The Kier molecular flexibility index (Phi) is 3.75. The van der Waals surface area contributed by atoms with E-state index in [2.05, 4.69) is 10.4 Å². The topological polar surface area (TPSA) is 90.0 Å². The van der Waals surface area contributed by atoms with Crippen molar-refractivity contribution in [3.63, 3.8) is 0 Å². The molecule has 0 saturated carbocycles. The molecule has 1 aromatic heterocycles. The summed E-state index contributed by atoms with van der Waals surface area (Å²) >= 11 is 0. The molecule has 2 heterocycles. The Morgan fingerprint density at radius 2 is 2.21 bits per heavy atom. The molecule has 0 bridgehead atoms. The van der Waals surface area contributed by atoms with Crippen LogP contribution in [0.3, 0.4) is 0 Å². The van der Waals surface area contributed by atoms with Crippen molar-refractivity contribution in [2.24, 2.45) is 0 Å². The molecule has 1 fully saturated rings. The molecule has 7 heteroatoms. The Bertz CT molecular complexity index is 563. The summed E-state index contributed by atoms with van der Waals surface area (Å²) in [4.78, 5) is 0. The standard InChI is InChI=1S/C12H22N4O2S/c1-8(2)16-12(11(13)9(3)15-16)14-7-10-5-4-6-19(10,17)18/h8,10,14H,4-7,13H2,1-3H3. The average molecular weight is 286 g/mol. The third-order valence-corrected chi connectivity index (χ3v) is 5.86. The van der Waals surface area contributed by atoms with E-state index >= 15 is 0 Å². The maximum absolute atomic E-state index is 11.8. The maximum atomic E-state index is 11.8. The Morgan fingerprint density at radius 3 is 2.74 bits per heavy atom. The predicted octanol–water partition coefficient (Wildman–Crippen LogP) is 1.34. The summed E-state index contributed by atoms with van der Waals surface area (Å²) < 4.78 is 25.4. The molecule has 2 rings (SSSR count). The third-order valence-electron chi connectivity index (χ3n) is 3.58. The maximum Gasteiger partial charge on any atom is 0.154 e. The van der Waals surface area contributed by atoms with Crippen molar-refractivity contribution in [1.82, 2.24) is 9.78 Å². The van der Waals surface area contributed by atoms with Gasteiger partial charge in [0.25, 0.3) is 0 Å². The van der Waals surface area contributed by atoms with Crippen molar-refractivity contribution in [2.75, 3.05) is 23.3 Å². The largest absolute Gasteiger partial charge is 0.394 e. The third kappa shape index (κ3) is 2.70. The van der Waals surface area contributed by atoms with Crippen molar-refractivity contribution in [3.05, 3.63) is 5.69 Å². The number of nitrogens with one attached hydrogen (secondary N) is 1. The summed E-state index contributed by atoms with van der Waals surface area (Å²) in [6, 6.07) is 0.179. The van der Waals surface area contributed by atoms with E-state index in [1.807, 2.05) is 25.5 Å². The molecule has 1 saturated heterocycles. The van der Waals surface area contributed by atoms with E-state index in [4.69, 9.17) is 5.73 Å². The average Bonchev–Trinajstić information content (AvgIpc) is 2.79. The number of nitrogens with zero attached hydrogens (tertiary/aromatic N) is 2. The highest BCUT2D eigenvalue weighted by molar-refractivity contribution is 7.92. The van der Waals surface area contributed by atoms with Gasteiger partial charge < -0.3 is 11.1 Å². The van der Waals surface area contributed by atoms with Crippen LogP contribution in [0, 0.1) is 6.92 Å². The molecule has 108 valence electrons. The molecule has 0 amide bonds. The van der Waals surface area contributed by atoms with Gasteiger partial charge in [-0.1, -0.05) is 0 Å². The number of hydrogen-bond donors (Lipinski definition) is 2. The van der Waals surface area contributed by atoms with Gasteiger partial charge in [0.15, 0.2) is 9.84 Å². The Hall–Kier alpha value is -1.24. The van der Waals surface area contributed by atoms with Crippen LogP contribution in [-0.4, -0.2) is 35.7 Å². The fourth-order valence-electron chi connectivity index (χ4n) is 2.41. The van der Waals surface area contributed by atoms with Crippen LogP contribution >= 0.6 is 0 Å². The number of nitrogen functional groups attached to an aromatic ring is 1. The molecule has 1 aromatic rings. The number of aromatic nitrogens is 2. The zero-order valence-corrected chi connectivity index (χ0v) is 12.5. The minimum Gasteiger partial charge on any atom is -0.394 e. The molecule has 1 unspecified atom stereocenters. The quantitative estimate of drug-likeness (QED) is 0.872. The zero-order chi connectivity index (χ0) is 14.2. The van der Waals surface area contributed by atoms with Gasteiger partial charge >= 0.3 is 0 Å². The molecule has 6 nitrogen and oxygen atoms in total. The Labute approximate surface area is 114 Å². The lowest BCUT2D eigenvalue weighted by atomic mass is 10.2. The molecule has 1 aliphatic rings. The summed E-state index contributed by atoms with van der Waals surface area (Å²) in [6.45, 7) is 6.29. The SMILES string of the molecule is Cc1nn(C(C)C)c(NCC2CCCS2(=O)=O)c1N. The van der Waals surface area contributed by atoms with E-state index in [0.717, 1.165) is 24.4 Å². The number of rotatable bonds is 4. The van der Waals surface area contributed by atoms with Gasteiger partial charge in [-0.25, -0.2) is 13.1 Å². The lowest BCUT2D eigenvalue weighted by Gasteiger charge is -2.16. The molecule has 1 aliphatic heterocycles. The number of nitrogens with two attached hydrogens (primary N) is 1. The summed E-state index contributed by atoms with van der Waals surface area (Å²) in [5.41, 5.74) is 7.37. The van der Waals surface area contributed by atoms with Gasteiger partial charge in [-0.05, 0) is 33.6 Å². The summed E-state index contributed by atoms with van der Waals surface area (Å²) in [5.74, 6) is 1.03. The second-order valence-corrected chi connectivity index (χ2v) is 7.80. The minimum absolute atomic E-state index is 0.179. The van der Waals surface area contributed by atoms with Crippen LogP contribution < -0.4 is 11.1 Å². The number of hydrogen-bond acceptors (Lipinski definition) is 5. The highest BCUT2D eigenvalue weighted by Crippen LogP contribution is 2.27. The van der Waals surface area contributed by atoms with Crippen LogP contribution in [0.1, 0.15) is 38.4 Å². The molecule has 0 spiro atoms. The Balaban J connectivity index is 2.16. The monoisotopic (exact) mass is 286 g/mol. The highest BCUT2D eigenvalue weighted by atomic mass is 32.2. The van der Waals surface area contributed by atoms with E-state index in [1.54, 1.807) is 0 Å². The second-order valence-electron chi connectivity index (χ2n) is 5.40. The molecule has 0 aliphatic carbocycles. The van der Waals surface area contributed by atoms with Crippen molar-refractivity contribution < 1.29 is 8.42 Å². The summed E-state index contributed by atoms with van der Waals surface area (Å²) in [7, 11) is -2.93. The first kappa shape index (κ1) is 14.2. The smallest absolute Gasteiger partial charge is 0.154 e. The van der Waals surface area contributed by atoms with Gasteiger partial charge in [0, 0.05) is 12.6 Å². The van der Waals surface area contributed by atoms with Gasteiger partial charge in [-0.15, -0.1) is 0 Å². The molecule has 19 heavy (non-hydrogen) atoms. The predicted molar refractivity (Wildman–Crippen MR) is 77.1 cm³/mol. The summed E-state index contributed by atoms with van der Waals surface area (Å²) in [6.07, 6.45) is 1.48.